The maximum absolute atomic E-state index is 5.37. The highest BCUT2D eigenvalue weighted by Gasteiger charge is 2.41. The number of rotatable bonds is 3. The van der Waals surface area contributed by atoms with Gasteiger partial charge in [0.2, 0.25) is 0 Å². The molecule has 3 nitrogen and oxygen atoms in total. The van der Waals surface area contributed by atoms with Crippen molar-refractivity contribution in [3.63, 3.8) is 0 Å². The molecule has 0 amide bonds. The average molecular weight is 272 g/mol. The van der Waals surface area contributed by atoms with Crippen LogP contribution in [0.4, 0.5) is 0 Å². The SMILES string of the molecule is CNC1(c2cc(Br)ccc2OC)COC1. The van der Waals surface area contributed by atoms with Gasteiger partial charge in [0, 0.05) is 10.0 Å². The van der Waals surface area contributed by atoms with Gasteiger partial charge in [-0.05, 0) is 25.2 Å². The van der Waals surface area contributed by atoms with Gasteiger partial charge in [-0.3, -0.25) is 0 Å². The molecule has 1 aliphatic heterocycles. The predicted octanol–water partition coefficient (Wildman–Crippen LogP) is 1.90. The summed E-state index contributed by atoms with van der Waals surface area (Å²) in [5, 5.41) is 3.31. The number of hydrogen-bond acceptors (Lipinski definition) is 3. The fourth-order valence-electron chi connectivity index (χ4n) is 1.79. The van der Waals surface area contributed by atoms with Gasteiger partial charge in [-0.15, -0.1) is 0 Å². The van der Waals surface area contributed by atoms with Crippen molar-refractivity contribution in [1.29, 1.82) is 0 Å². The average Bonchev–Trinajstić information content (AvgIpc) is 2.17. The minimum absolute atomic E-state index is 0.0882. The highest BCUT2D eigenvalue weighted by atomic mass is 79.9. The lowest BCUT2D eigenvalue weighted by atomic mass is 9.87. The summed E-state index contributed by atoms with van der Waals surface area (Å²) in [6, 6.07) is 6.03. The van der Waals surface area contributed by atoms with E-state index in [2.05, 4.69) is 27.3 Å². The molecule has 4 heteroatoms. The zero-order valence-corrected chi connectivity index (χ0v) is 10.4. The third-order valence-corrected chi connectivity index (χ3v) is 3.35. The van der Waals surface area contributed by atoms with Gasteiger partial charge in [-0.2, -0.15) is 0 Å². The molecule has 1 saturated heterocycles. The molecule has 0 radical (unpaired) electrons. The number of methoxy groups -OCH3 is 1. The summed E-state index contributed by atoms with van der Waals surface area (Å²) >= 11 is 3.48. The van der Waals surface area contributed by atoms with Crippen LogP contribution < -0.4 is 10.1 Å². The smallest absolute Gasteiger partial charge is 0.124 e. The van der Waals surface area contributed by atoms with Gasteiger partial charge in [0.1, 0.15) is 5.75 Å². The molecule has 82 valence electrons. The van der Waals surface area contributed by atoms with E-state index in [-0.39, 0.29) is 5.54 Å². The molecule has 0 unspecified atom stereocenters. The van der Waals surface area contributed by atoms with Crippen molar-refractivity contribution in [2.45, 2.75) is 5.54 Å². The summed E-state index contributed by atoms with van der Waals surface area (Å²) in [5.74, 6) is 0.899. The molecule has 1 heterocycles. The topological polar surface area (TPSA) is 30.5 Å². The number of nitrogens with one attached hydrogen (secondary N) is 1. The Hall–Kier alpha value is -0.580. The number of likely N-dealkylation sites (N-methyl/N-ethyl adjacent to an activating group) is 1. The normalized spacial score (nSPS) is 18.3. The van der Waals surface area contributed by atoms with Crippen LogP contribution in [-0.2, 0) is 10.3 Å². The number of benzene rings is 1. The van der Waals surface area contributed by atoms with E-state index >= 15 is 0 Å². The standard InChI is InChI=1S/C11H14BrNO2/c1-13-11(6-15-7-11)9-5-8(12)3-4-10(9)14-2/h3-5,13H,6-7H2,1-2H3. The molecule has 0 spiro atoms. The van der Waals surface area contributed by atoms with Crippen molar-refractivity contribution in [3.8, 4) is 5.75 Å². The molecule has 1 aromatic carbocycles. The first kappa shape index (κ1) is 10.9. The van der Waals surface area contributed by atoms with Crippen LogP contribution in [0.25, 0.3) is 0 Å². The van der Waals surface area contributed by atoms with Crippen molar-refractivity contribution in [3.05, 3.63) is 28.2 Å². The van der Waals surface area contributed by atoms with Crippen LogP contribution in [-0.4, -0.2) is 27.4 Å². The fourth-order valence-corrected chi connectivity index (χ4v) is 2.16. The van der Waals surface area contributed by atoms with E-state index in [1.54, 1.807) is 7.11 Å². The van der Waals surface area contributed by atoms with Crippen molar-refractivity contribution in [2.24, 2.45) is 0 Å². The maximum atomic E-state index is 5.37. The van der Waals surface area contributed by atoms with E-state index in [1.165, 1.54) is 0 Å². The second-order valence-corrected chi connectivity index (χ2v) is 4.59. The molecule has 2 rings (SSSR count). The first-order valence-electron chi connectivity index (χ1n) is 4.82. The van der Waals surface area contributed by atoms with Gasteiger partial charge in [0.25, 0.3) is 0 Å². The quantitative estimate of drug-likeness (QED) is 0.911. The van der Waals surface area contributed by atoms with Crippen LogP contribution in [0, 0.1) is 0 Å². The van der Waals surface area contributed by atoms with Crippen LogP contribution in [0.1, 0.15) is 5.56 Å². The Morgan fingerprint density at radius 2 is 2.20 bits per heavy atom. The minimum atomic E-state index is -0.0882. The highest BCUT2D eigenvalue weighted by Crippen LogP contribution is 2.37. The summed E-state index contributed by atoms with van der Waals surface area (Å²) in [7, 11) is 3.64. The third-order valence-electron chi connectivity index (χ3n) is 2.85. The van der Waals surface area contributed by atoms with Gasteiger partial charge >= 0.3 is 0 Å². The number of hydrogen-bond donors (Lipinski definition) is 1. The molecule has 1 fully saturated rings. The van der Waals surface area contributed by atoms with E-state index in [4.69, 9.17) is 9.47 Å². The summed E-state index contributed by atoms with van der Waals surface area (Å²) in [4.78, 5) is 0. The first-order chi connectivity index (χ1) is 7.22. The molecule has 15 heavy (non-hydrogen) atoms. The molecule has 0 aromatic heterocycles. The Balaban J connectivity index is 2.44. The lowest BCUT2D eigenvalue weighted by molar-refractivity contribution is -0.0756. The summed E-state index contributed by atoms with van der Waals surface area (Å²) < 4.78 is 11.7. The van der Waals surface area contributed by atoms with Gasteiger partial charge < -0.3 is 14.8 Å². The second-order valence-electron chi connectivity index (χ2n) is 3.67. The van der Waals surface area contributed by atoms with Gasteiger partial charge in [0.05, 0.1) is 25.9 Å². The molecule has 0 saturated carbocycles. The van der Waals surface area contributed by atoms with Crippen LogP contribution in [0.15, 0.2) is 22.7 Å². The summed E-state index contributed by atoms with van der Waals surface area (Å²) in [5.41, 5.74) is 1.06. The molecule has 0 bridgehead atoms. The van der Waals surface area contributed by atoms with Crippen LogP contribution in [0.2, 0.25) is 0 Å². The summed E-state index contributed by atoms with van der Waals surface area (Å²) in [6.45, 7) is 1.38. The Kier molecular flexibility index (Phi) is 3.00. The van der Waals surface area contributed by atoms with Gasteiger partial charge in [0.15, 0.2) is 0 Å². The molecule has 1 aliphatic rings. The Bertz CT molecular complexity index is 358. The lowest BCUT2D eigenvalue weighted by Crippen LogP contribution is -2.56. The van der Waals surface area contributed by atoms with E-state index in [0.717, 1.165) is 15.8 Å². The third kappa shape index (κ3) is 1.77. The van der Waals surface area contributed by atoms with Gasteiger partial charge in [-0.1, -0.05) is 15.9 Å². The van der Waals surface area contributed by atoms with Gasteiger partial charge in [-0.25, -0.2) is 0 Å². The van der Waals surface area contributed by atoms with Crippen molar-refractivity contribution in [1.82, 2.24) is 5.32 Å². The van der Waals surface area contributed by atoms with E-state index in [0.29, 0.717) is 13.2 Å². The van der Waals surface area contributed by atoms with Crippen molar-refractivity contribution >= 4 is 15.9 Å². The molecular formula is C11H14BrNO2. The zero-order chi connectivity index (χ0) is 10.9. The Morgan fingerprint density at radius 1 is 1.47 bits per heavy atom. The first-order valence-corrected chi connectivity index (χ1v) is 5.62. The lowest BCUT2D eigenvalue weighted by Gasteiger charge is -2.42. The molecule has 0 atom stereocenters. The molecule has 1 aromatic rings. The zero-order valence-electron chi connectivity index (χ0n) is 8.84. The molecule has 0 aliphatic carbocycles. The molecular weight excluding hydrogens is 258 g/mol. The van der Waals surface area contributed by atoms with E-state index in [1.807, 2.05) is 19.2 Å². The Labute approximate surface area is 97.9 Å². The number of ether oxygens (including phenoxy) is 2. The van der Waals surface area contributed by atoms with E-state index in [9.17, 15) is 0 Å². The van der Waals surface area contributed by atoms with Crippen molar-refractivity contribution in [2.75, 3.05) is 27.4 Å². The summed E-state index contributed by atoms with van der Waals surface area (Å²) in [6.07, 6.45) is 0. The van der Waals surface area contributed by atoms with Crippen LogP contribution in [0.5, 0.6) is 5.75 Å². The highest BCUT2D eigenvalue weighted by molar-refractivity contribution is 9.10. The minimum Gasteiger partial charge on any atom is -0.496 e. The Morgan fingerprint density at radius 3 is 2.67 bits per heavy atom. The largest absolute Gasteiger partial charge is 0.496 e. The van der Waals surface area contributed by atoms with Crippen LogP contribution >= 0.6 is 15.9 Å². The maximum Gasteiger partial charge on any atom is 0.124 e. The van der Waals surface area contributed by atoms with E-state index < -0.39 is 0 Å². The fraction of sp³-hybridized carbons (Fsp3) is 0.455. The van der Waals surface area contributed by atoms with Crippen LogP contribution in [0.3, 0.4) is 0 Å². The molecule has 1 N–H and O–H groups in total. The second kappa shape index (κ2) is 4.12. The predicted molar refractivity (Wildman–Crippen MR) is 62.3 cm³/mol. The van der Waals surface area contributed by atoms with Crippen molar-refractivity contribution < 1.29 is 9.47 Å². The number of halogens is 1. The monoisotopic (exact) mass is 271 g/mol.